The predicted octanol–water partition coefficient (Wildman–Crippen LogP) is 2.28. The molecule has 0 aromatic carbocycles. The number of aryl methyl sites for hydroxylation is 1. The molecule has 0 unspecified atom stereocenters. The third-order valence-corrected chi connectivity index (χ3v) is 4.84. The molecule has 1 saturated carbocycles. The average molecular weight is 237 g/mol. The van der Waals surface area contributed by atoms with Gasteiger partial charge in [0.1, 0.15) is 0 Å². The first-order chi connectivity index (χ1) is 7.68. The Balaban J connectivity index is 1.87. The zero-order chi connectivity index (χ0) is 11.3. The molecule has 88 valence electrons. The first kappa shape index (κ1) is 10.6. The highest BCUT2D eigenvalue weighted by molar-refractivity contribution is 7.81. The van der Waals surface area contributed by atoms with Gasteiger partial charge in [-0.1, -0.05) is 5.21 Å². The van der Waals surface area contributed by atoms with Gasteiger partial charge < -0.3 is 0 Å². The van der Waals surface area contributed by atoms with Gasteiger partial charge in [0.2, 0.25) is 0 Å². The van der Waals surface area contributed by atoms with Crippen molar-refractivity contribution in [3.05, 3.63) is 11.4 Å². The Kier molecular flexibility index (Phi) is 2.50. The Morgan fingerprint density at radius 3 is 2.62 bits per heavy atom. The minimum Gasteiger partial charge on any atom is -0.247 e. The summed E-state index contributed by atoms with van der Waals surface area (Å²) in [4.78, 5) is 0. The van der Waals surface area contributed by atoms with Crippen molar-refractivity contribution in [3.8, 4) is 0 Å². The fourth-order valence-corrected chi connectivity index (χ4v) is 3.66. The number of hydrogen-bond acceptors (Lipinski definition) is 3. The SMILES string of the molecule is CC(C)n1nnc2c1CC[C@H]1[C@@H](S)[C@H]1CC2. The van der Waals surface area contributed by atoms with Gasteiger partial charge in [0.05, 0.1) is 11.4 Å². The summed E-state index contributed by atoms with van der Waals surface area (Å²) in [6.45, 7) is 4.35. The molecule has 3 rings (SSSR count). The molecular formula is C12H19N3S. The van der Waals surface area contributed by atoms with E-state index in [1.165, 1.54) is 24.2 Å². The Bertz CT molecular complexity index is 399. The third-order valence-electron chi connectivity index (χ3n) is 4.08. The average Bonchev–Trinajstić information content (AvgIpc) is 2.67. The van der Waals surface area contributed by atoms with E-state index >= 15 is 0 Å². The molecule has 0 N–H and O–H groups in total. The van der Waals surface area contributed by atoms with Gasteiger partial charge >= 0.3 is 0 Å². The summed E-state index contributed by atoms with van der Waals surface area (Å²) in [5.74, 6) is 1.70. The van der Waals surface area contributed by atoms with Gasteiger partial charge in [0.25, 0.3) is 0 Å². The maximum atomic E-state index is 4.65. The summed E-state index contributed by atoms with van der Waals surface area (Å²) in [6.07, 6.45) is 4.76. The van der Waals surface area contributed by atoms with E-state index < -0.39 is 0 Å². The van der Waals surface area contributed by atoms with Crippen LogP contribution in [0.2, 0.25) is 0 Å². The second-order valence-electron chi connectivity index (χ2n) is 5.42. The van der Waals surface area contributed by atoms with Crippen molar-refractivity contribution in [1.82, 2.24) is 15.0 Å². The highest BCUT2D eigenvalue weighted by atomic mass is 32.1. The molecule has 2 aliphatic rings. The van der Waals surface area contributed by atoms with Crippen LogP contribution in [-0.4, -0.2) is 20.2 Å². The van der Waals surface area contributed by atoms with Crippen LogP contribution in [0.3, 0.4) is 0 Å². The minimum absolute atomic E-state index is 0.428. The van der Waals surface area contributed by atoms with Crippen LogP contribution in [0.15, 0.2) is 0 Å². The van der Waals surface area contributed by atoms with Crippen LogP contribution in [0.1, 0.15) is 44.1 Å². The zero-order valence-corrected chi connectivity index (χ0v) is 10.8. The molecule has 1 heterocycles. The highest BCUT2D eigenvalue weighted by Crippen LogP contribution is 2.50. The number of rotatable bonds is 1. The lowest BCUT2D eigenvalue weighted by Crippen LogP contribution is -2.10. The standard InChI is InChI=1S/C12H19N3S/c1-7(2)15-11-6-4-9-8(12(9)16)3-5-10(11)13-14-15/h7-9,12,16H,3-6H2,1-2H3/t8-,9+,12-/m0/s1. The van der Waals surface area contributed by atoms with Crippen LogP contribution < -0.4 is 0 Å². The number of thiol groups is 1. The smallest absolute Gasteiger partial charge is 0.0859 e. The molecule has 0 amide bonds. The van der Waals surface area contributed by atoms with Crippen LogP contribution in [0.25, 0.3) is 0 Å². The summed E-state index contributed by atoms with van der Waals surface area (Å²) in [7, 11) is 0. The second kappa shape index (κ2) is 3.76. The Labute approximate surface area is 102 Å². The van der Waals surface area contributed by atoms with Crippen molar-refractivity contribution in [3.63, 3.8) is 0 Å². The van der Waals surface area contributed by atoms with Crippen molar-refractivity contribution in [2.75, 3.05) is 0 Å². The maximum Gasteiger partial charge on any atom is 0.0859 e. The highest BCUT2D eigenvalue weighted by Gasteiger charge is 2.47. The van der Waals surface area contributed by atoms with Gasteiger partial charge in [-0.05, 0) is 51.4 Å². The summed E-state index contributed by atoms with van der Waals surface area (Å²) >= 11 is 4.65. The minimum atomic E-state index is 0.428. The van der Waals surface area contributed by atoms with Crippen LogP contribution >= 0.6 is 12.6 Å². The largest absolute Gasteiger partial charge is 0.247 e. The van der Waals surface area contributed by atoms with E-state index in [1.54, 1.807) is 0 Å². The van der Waals surface area contributed by atoms with Gasteiger partial charge in [0, 0.05) is 11.3 Å². The first-order valence-corrected chi connectivity index (χ1v) is 6.81. The van der Waals surface area contributed by atoms with Gasteiger partial charge in [-0.3, -0.25) is 0 Å². The van der Waals surface area contributed by atoms with Gasteiger partial charge in [0.15, 0.2) is 0 Å². The van der Waals surface area contributed by atoms with Crippen LogP contribution in [0.5, 0.6) is 0 Å². The molecule has 0 radical (unpaired) electrons. The molecule has 0 aliphatic heterocycles. The molecule has 0 bridgehead atoms. The van der Waals surface area contributed by atoms with E-state index in [4.69, 9.17) is 0 Å². The van der Waals surface area contributed by atoms with E-state index in [2.05, 4.69) is 41.5 Å². The first-order valence-electron chi connectivity index (χ1n) is 6.29. The van der Waals surface area contributed by atoms with Crippen LogP contribution in [-0.2, 0) is 12.8 Å². The van der Waals surface area contributed by atoms with E-state index in [0.717, 1.165) is 24.7 Å². The summed E-state index contributed by atoms with van der Waals surface area (Å²) in [5, 5.41) is 9.29. The number of fused-ring (bicyclic) bond motifs is 2. The van der Waals surface area contributed by atoms with Crippen LogP contribution in [0.4, 0.5) is 0 Å². The van der Waals surface area contributed by atoms with E-state index in [9.17, 15) is 0 Å². The van der Waals surface area contributed by atoms with Crippen molar-refractivity contribution in [2.24, 2.45) is 11.8 Å². The number of hydrogen-bond donors (Lipinski definition) is 1. The number of nitrogens with zero attached hydrogens (tertiary/aromatic N) is 3. The molecule has 1 aromatic rings. The Morgan fingerprint density at radius 2 is 1.94 bits per heavy atom. The third kappa shape index (κ3) is 1.58. The Morgan fingerprint density at radius 1 is 1.25 bits per heavy atom. The van der Waals surface area contributed by atoms with Gasteiger partial charge in [-0.25, -0.2) is 4.68 Å². The Hall–Kier alpha value is -0.510. The van der Waals surface area contributed by atoms with Crippen molar-refractivity contribution >= 4 is 12.6 Å². The zero-order valence-electron chi connectivity index (χ0n) is 9.93. The molecule has 1 aromatic heterocycles. The maximum absolute atomic E-state index is 4.65. The van der Waals surface area contributed by atoms with Crippen molar-refractivity contribution < 1.29 is 0 Å². The molecule has 3 atom stereocenters. The fourth-order valence-electron chi connectivity index (χ4n) is 3.02. The quantitative estimate of drug-likeness (QED) is 0.760. The van der Waals surface area contributed by atoms with Gasteiger partial charge in [-0.2, -0.15) is 12.6 Å². The summed E-state index contributed by atoms with van der Waals surface area (Å²) in [6, 6.07) is 0.428. The topological polar surface area (TPSA) is 30.7 Å². The molecule has 0 spiro atoms. The lowest BCUT2D eigenvalue weighted by Gasteiger charge is -2.12. The summed E-state index contributed by atoms with van der Waals surface area (Å²) in [5.41, 5.74) is 2.61. The van der Waals surface area contributed by atoms with E-state index in [1.807, 2.05) is 0 Å². The molecule has 3 nitrogen and oxygen atoms in total. The lowest BCUT2D eigenvalue weighted by molar-refractivity contribution is 0.482. The van der Waals surface area contributed by atoms with E-state index in [-0.39, 0.29) is 0 Å². The van der Waals surface area contributed by atoms with E-state index in [0.29, 0.717) is 11.3 Å². The molecule has 16 heavy (non-hydrogen) atoms. The second-order valence-corrected chi connectivity index (χ2v) is 6.01. The normalized spacial score (nSPS) is 32.9. The lowest BCUT2D eigenvalue weighted by atomic mass is 10.0. The molecule has 4 heteroatoms. The predicted molar refractivity (Wildman–Crippen MR) is 66.8 cm³/mol. The molecular weight excluding hydrogens is 218 g/mol. The van der Waals surface area contributed by atoms with Crippen molar-refractivity contribution in [1.29, 1.82) is 0 Å². The fraction of sp³-hybridized carbons (Fsp3) is 0.833. The number of aromatic nitrogens is 3. The van der Waals surface area contributed by atoms with Gasteiger partial charge in [-0.15, -0.1) is 5.10 Å². The molecule has 2 aliphatic carbocycles. The monoisotopic (exact) mass is 237 g/mol. The molecule has 1 fully saturated rings. The molecule has 0 saturated heterocycles. The van der Waals surface area contributed by atoms with Crippen LogP contribution in [0, 0.1) is 11.8 Å². The van der Waals surface area contributed by atoms with Crippen molar-refractivity contribution in [2.45, 2.75) is 50.8 Å². The summed E-state index contributed by atoms with van der Waals surface area (Å²) < 4.78 is 2.10.